The Balaban J connectivity index is 3.17. The summed E-state index contributed by atoms with van der Waals surface area (Å²) >= 11 is 0. The second kappa shape index (κ2) is 1.87. The summed E-state index contributed by atoms with van der Waals surface area (Å²) in [5.41, 5.74) is -1.54. The predicted octanol–water partition coefficient (Wildman–Crippen LogP) is -0.0901. The van der Waals surface area contributed by atoms with Crippen molar-refractivity contribution in [3.8, 4) is 0 Å². The third-order valence-electron chi connectivity index (χ3n) is 0.520. The van der Waals surface area contributed by atoms with E-state index >= 15 is 0 Å². The zero-order chi connectivity index (χ0) is 5.21. The van der Waals surface area contributed by atoms with Gasteiger partial charge in [0, 0.05) is 6.42 Å². The second-order valence-corrected chi connectivity index (χ2v) is 2.16. The molecule has 0 bridgehead atoms. The minimum atomic E-state index is -1.54. The summed E-state index contributed by atoms with van der Waals surface area (Å²) in [6, 6.07) is 0. The molecule has 0 aliphatic rings. The van der Waals surface area contributed by atoms with Crippen LogP contribution in [0.1, 0.15) is 13.3 Å². The lowest BCUT2D eigenvalue weighted by Crippen LogP contribution is -2.15. The summed E-state index contributed by atoms with van der Waals surface area (Å²) < 4.78 is 0. The van der Waals surface area contributed by atoms with Gasteiger partial charge in [-0.2, -0.15) is 0 Å². The highest BCUT2D eigenvalue weighted by molar-refractivity contribution is 7.18. The molecule has 3 heteroatoms. The molecule has 0 aromatic heterocycles. The molecule has 2 N–H and O–H groups in total. The van der Waals surface area contributed by atoms with E-state index in [0.29, 0.717) is 6.42 Å². The number of hydrogen-bond acceptors (Lipinski definition) is 2. The number of hydrogen-bond donors (Lipinski definition) is 2. The average Bonchev–Trinajstić information content (AvgIpc) is 1.35. The standard InChI is InChI=1S/C3H9O2P/c1-2-3(4,5)6/h4-5H,2,6H2,1H3. The summed E-state index contributed by atoms with van der Waals surface area (Å²) in [4.78, 5) is 0. The Bertz CT molecular complexity index is 38.5. The Morgan fingerprint density at radius 3 is 1.83 bits per heavy atom. The van der Waals surface area contributed by atoms with Gasteiger partial charge in [-0.3, -0.25) is 0 Å². The molecular formula is C3H9O2P. The first kappa shape index (κ1) is 6.35. The van der Waals surface area contributed by atoms with Gasteiger partial charge in [0.25, 0.3) is 0 Å². The minimum Gasteiger partial charge on any atom is -0.363 e. The molecule has 1 unspecified atom stereocenters. The SMILES string of the molecule is CCC(O)(O)P. The molecule has 0 aromatic carbocycles. The van der Waals surface area contributed by atoms with Crippen LogP contribution >= 0.6 is 9.24 Å². The monoisotopic (exact) mass is 108 g/mol. The Morgan fingerprint density at radius 2 is 1.83 bits per heavy atom. The first-order chi connectivity index (χ1) is 2.56. The molecular weight excluding hydrogens is 99.0 g/mol. The molecule has 0 saturated carbocycles. The van der Waals surface area contributed by atoms with Crippen LogP contribution in [0.4, 0.5) is 0 Å². The smallest absolute Gasteiger partial charge is 0.175 e. The molecule has 0 rings (SSSR count). The number of rotatable bonds is 1. The quantitative estimate of drug-likeness (QED) is 0.364. The van der Waals surface area contributed by atoms with Gasteiger partial charge < -0.3 is 10.2 Å². The fourth-order valence-corrected chi connectivity index (χ4v) is 0. The van der Waals surface area contributed by atoms with Crippen molar-refractivity contribution in [2.45, 2.75) is 18.9 Å². The van der Waals surface area contributed by atoms with E-state index in [1.807, 2.05) is 9.24 Å². The van der Waals surface area contributed by atoms with Gasteiger partial charge in [0.2, 0.25) is 0 Å². The summed E-state index contributed by atoms with van der Waals surface area (Å²) in [5.74, 6) is 0. The highest BCUT2D eigenvalue weighted by Gasteiger charge is 2.08. The topological polar surface area (TPSA) is 40.5 Å². The Labute approximate surface area is 39.4 Å². The third kappa shape index (κ3) is 4.35. The van der Waals surface area contributed by atoms with Crippen molar-refractivity contribution in [1.82, 2.24) is 0 Å². The van der Waals surface area contributed by atoms with E-state index in [2.05, 4.69) is 0 Å². The van der Waals surface area contributed by atoms with Gasteiger partial charge in [-0.15, -0.1) is 0 Å². The molecule has 0 aliphatic heterocycles. The molecule has 0 aromatic rings. The fraction of sp³-hybridized carbons (Fsp3) is 1.00. The van der Waals surface area contributed by atoms with E-state index in [0.717, 1.165) is 0 Å². The van der Waals surface area contributed by atoms with Gasteiger partial charge in [0.15, 0.2) is 5.53 Å². The highest BCUT2D eigenvalue weighted by atomic mass is 31.0. The van der Waals surface area contributed by atoms with Crippen LogP contribution in [0, 0.1) is 0 Å². The molecule has 0 fully saturated rings. The van der Waals surface area contributed by atoms with E-state index in [1.165, 1.54) is 0 Å². The van der Waals surface area contributed by atoms with E-state index < -0.39 is 5.53 Å². The van der Waals surface area contributed by atoms with Crippen molar-refractivity contribution in [3.05, 3.63) is 0 Å². The van der Waals surface area contributed by atoms with Gasteiger partial charge in [-0.1, -0.05) is 16.2 Å². The van der Waals surface area contributed by atoms with E-state index in [9.17, 15) is 0 Å². The summed E-state index contributed by atoms with van der Waals surface area (Å²) in [7, 11) is 1.90. The Morgan fingerprint density at radius 1 is 1.67 bits per heavy atom. The summed E-state index contributed by atoms with van der Waals surface area (Å²) in [5, 5.41) is 16.7. The molecule has 0 saturated heterocycles. The van der Waals surface area contributed by atoms with Crippen LogP contribution in [-0.2, 0) is 0 Å². The van der Waals surface area contributed by atoms with E-state index in [1.54, 1.807) is 6.92 Å². The zero-order valence-electron chi connectivity index (χ0n) is 3.68. The molecule has 0 radical (unpaired) electrons. The molecule has 38 valence electrons. The minimum absolute atomic E-state index is 0.345. The van der Waals surface area contributed by atoms with Crippen molar-refractivity contribution in [3.63, 3.8) is 0 Å². The molecule has 2 nitrogen and oxygen atoms in total. The number of aliphatic hydroxyl groups is 2. The maximum Gasteiger partial charge on any atom is 0.175 e. The maximum absolute atomic E-state index is 8.34. The van der Waals surface area contributed by atoms with Gasteiger partial charge >= 0.3 is 0 Å². The van der Waals surface area contributed by atoms with Crippen LogP contribution < -0.4 is 0 Å². The van der Waals surface area contributed by atoms with Crippen molar-refractivity contribution in [2.24, 2.45) is 0 Å². The third-order valence-corrected chi connectivity index (χ3v) is 0.929. The molecule has 6 heavy (non-hydrogen) atoms. The Hall–Kier alpha value is 0.350. The summed E-state index contributed by atoms with van der Waals surface area (Å²) in [6.07, 6.45) is 0.345. The fourth-order valence-electron chi connectivity index (χ4n) is 0. The van der Waals surface area contributed by atoms with Crippen LogP contribution in [0.5, 0.6) is 0 Å². The average molecular weight is 108 g/mol. The predicted molar refractivity (Wildman–Crippen MR) is 27.2 cm³/mol. The van der Waals surface area contributed by atoms with Crippen LogP contribution in [0.3, 0.4) is 0 Å². The molecule has 0 heterocycles. The second-order valence-electron chi connectivity index (χ2n) is 1.23. The van der Waals surface area contributed by atoms with Gasteiger partial charge in [-0.05, 0) is 0 Å². The van der Waals surface area contributed by atoms with Crippen molar-refractivity contribution in [2.75, 3.05) is 0 Å². The Kier molecular flexibility index (Phi) is 1.98. The molecule has 0 amide bonds. The molecule has 0 spiro atoms. The van der Waals surface area contributed by atoms with Gasteiger partial charge in [-0.25, -0.2) is 0 Å². The zero-order valence-corrected chi connectivity index (χ0v) is 4.83. The first-order valence-electron chi connectivity index (χ1n) is 1.80. The maximum atomic E-state index is 8.34. The van der Waals surface area contributed by atoms with Crippen LogP contribution in [0.25, 0.3) is 0 Å². The van der Waals surface area contributed by atoms with Crippen LogP contribution in [0.2, 0.25) is 0 Å². The lowest BCUT2D eigenvalue weighted by atomic mass is 10.5. The van der Waals surface area contributed by atoms with Crippen molar-refractivity contribution in [1.29, 1.82) is 0 Å². The van der Waals surface area contributed by atoms with E-state index in [4.69, 9.17) is 10.2 Å². The van der Waals surface area contributed by atoms with Crippen LogP contribution in [0.15, 0.2) is 0 Å². The first-order valence-corrected chi connectivity index (χ1v) is 2.37. The van der Waals surface area contributed by atoms with E-state index in [-0.39, 0.29) is 0 Å². The van der Waals surface area contributed by atoms with Gasteiger partial charge in [0.1, 0.15) is 0 Å². The van der Waals surface area contributed by atoms with Gasteiger partial charge in [0.05, 0.1) is 0 Å². The largest absolute Gasteiger partial charge is 0.363 e. The highest BCUT2D eigenvalue weighted by Crippen LogP contribution is 2.11. The lowest BCUT2D eigenvalue weighted by molar-refractivity contribution is -0.0788. The normalized spacial score (nSPS) is 12.0. The molecule has 1 atom stereocenters. The molecule has 0 aliphatic carbocycles. The summed E-state index contributed by atoms with van der Waals surface area (Å²) in [6.45, 7) is 1.69. The lowest BCUT2D eigenvalue weighted by Gasteiger charge is -2.09. The van der Waals surface area contributed by atoms with Crippen molar-refractivity contribution < 1.29 is 10.2 Å². The van der Waals surface area contributed by atoms with Crippen molar-refractivity contribution >= 4 is 9.24 Å². The van der Waals surface area contributed by atoms with Crippen LogP contribution in [-0.4, -0.2) is 15.7 Å².